The Hall–Kier alpha value is -1.91. The molecule has 0 spiro atoms. The van der Waals surface area contributed by atoms with Crippen LogP contribution in [0.2, 0.25) is 0 Å². The monoisotopic (exact) mass is 324 g/mol. The van der Waals surface area contributed by atoms with Crippen LogP contribution in [0.25, 0.3) is 11.1 Å². The fourth-order valence-corrected chi connectivity index (χ4v) is 3.47. The Morgan fingerprint density at radius 1 is 1.17 bits per heavy atom. The molecule has 1 aromatic carbocycles. The zero-order valence-electron chi connectivity index (χ0n) is 14.8. The zero-order valence-corrected chi connectivity index (χ0v) is 14.8. The van der Waals surface area contributed by atoms with Crippen molar-refractivity contribution in [1.82, 2.24) is 14.8 Å². The van der Waals surface area contributed by atoms with Crippen LogP contribution in [0.5, 0.6) is 0 Å². The van der Waals surface area contributed by atoms with Crippen LogP contribution in [0.15, 0.2) is 42.6 Å². The van der Waals surface area contributed by atoms with Gasteiger partial charge in [-0.1, -0.05) is 30.7 Å². The van der Waals surface area contributed by atoms with Crippen LogP contribution in [0.1, 0.15) is 24.8 Å². The van der Waals surface area contributed by atoms with Gasteiger partial charge in [0.15, 0.2) is 0 Å². The quantitative estimate of drug-likeness (QED) is 0.938. The van der Waals surface area contributed by atoms with Crippen molar-refractivity contribution in [2.24, 2.45) is 0 Å². The molecule has 24 heavy (non-hydrogen) atoms. The molecule has 1 aliphatic heterocycles. The molecule has 1 saturated heterocycles. The number of anilines is 1. The van der Waals surface area contributed by atoms with Crippen molar-refractivity contribution in [2.75, 3.05) is 32.9 Å². The van der Waals surface area contributed by atoms with Gasteiger partial charge in [0.2, 0.25) is 0 Å². The van der Waals surface area contributed by atoms with Gasteiger partial charge in [0.25, 0.3) is 0 Å². The first-order chi connectivity index (χ1) is 11.6. The maximum atomic E-state index is 5.98. The van der Waals surface area contributed by atoms with Gasteiger partial charge in [-0.15, -0.1) is 0 Å². The fourth-order valence-electron chi connectivity index (χ4n) is 3.47. The Morgan fingerprint density at radius 3 is 2.67 bits per heavy atom. The highest BCUT2D eigenvalue weighted by atomic mass is 15.2. The molecule has 2 heterocycles. The third kappa shape index (κ3) is 4.13. The normalized spacial score (nSPS) is 19.4. The summed E-state index contributed by atoms with van der Waals surface area (Å²) in [6, 6.07) is 13.4. The van der Waals surface area contributed by atoms with E-state index in [1.807, 2.05) is 12.1 Å². The van der Waals surface area contributed by atoms with Crippen LogP contribution in [-0.2, 0) is 6.54 Å². The first kappa shape index (κ1) is 16.9. The first-order valence-corrected chi connectivity index (χ1v) is 8.82. The molecule has 0 saturated carbocycles. The summed E-state index contributed by atoms with van der Waals surface area (Å²) in [6.07, 6.45) is 5.67. The van der Waals surface area contributed by atoms with E-state index >= 15 is 0 Å². The van der Waals surface area contributed by atoms with Crippen LogP contribution in [0.3, 0.4) is 0 Å². The number of nitrogen functional groups attached to an aromatic ring is 1. The van der Waals surface area contributed by atoms with Crippen molar-refractivity contribution >= 4 is 5.82 Å². The second-order valence-corrected chi connectivity index (χ2v) is 6.98. The van der Waals surface area contributed by atoms with E-state index in [0.29, 0.717) is 11.9 Å². The largest absolute Gasteiger partial charge is 0.383 e. The highest BCUT2D eigenvalue weighted by Crippen LogP contribution is 2.24. The van der Waals surface area contributed by atoms with Gasteiger partial charge in [-0.2, -0.15) is 0 Å². The highest BCUT2D eigenvalue weighted by Gasteiger charge is 2.19. The zero-order chi connectivity index (χ0) is 16.9. The summed E-state index contributed by atoms with van der Waals surface area (Å²) < 4.78 is 0. The van der Waals surface area contributed by atoms with Crippen molar-refractivity contribution < 1.29 is 0 Å². The van der Waals surface area contributed by atoms with Crippen molar-refractivity contribution in [1.29, 1.82) is 0 Å². The minimum Gasteiger partial charge on any atom is -0.383 e. The number of pyridine rings is 1. The average Bonchev–Trinajstić information content (AvgIpc) is 2.82. The molecule has 4 nitrogen and oxygen atoms in total. The number of benzene rings is 1. The standard InChI is InChI=1S/C20H28N4/c1-23(2)18-6-3-4-13-24(15-18)14-16-8-10-17(11-9-16)19-7-5-12-22-20(19)21/h5,7-12,18H,3-4,6,13-15H2,1-2H3,(H2,21,22)/t18-/m0/s1. The maximum absolute atomic E-state index is 5.98. The Balaban J connectivity index is 1.68. The number of hydrogen-bond donors (Lipinski definition) is 1. The van der Waals surface area contributed by atoms with Crippen molar-refractivity contribution in [3.05, 3.63) is 48.2 Å². The van der Waals surface area contributed by atoms with Gasteiger partial charge >= 0.3 is 0 Å². The predicted molar refractivity (Wildman–Crippen MR) is 101 cm³/mol. The van der Waals surface area contributed by atoms with Crippen molar-refractivity contribution in [2.45, 2.75) is 31.8 Å². The molecule has 0 aliphatic carbocycles. The number of nitrogens with two attached hydrogens (primary N) is 1. The van der Waals surface area contributed by atoms with Crippen LogP contribution in [0.4, 0.5) is 5.82 Å². The number of nitrogens with zero attached hydrogens (tertiary/aromatic N) is 3. The lowest BCUT2D eigenvalue weighted by atomic mass is 10.0. The van der Waals surface area contributed by atoms with Gasteiger partial charge in [-0.05, 0) is 56.7 Å². The molecule has 3 rings (SSSR count). The molecule has 1 atom stereocenters. The predicted octanol–water partition coefficient (Wildman–Crippen LogP) is 3.25. The summed E-state index contributed by atoms with van der Waals surface area (Å²) in [6.45, 7) is 3.37. The maximum Gasteiger partial charge on any atom is 0.131 e. The van der Waals surface area contributed by atoms with Gasteiger partial charge in [0, 0.05) is 30.9 Å². The number of likely N-dealkylation sites (N-methyl/N-ethyl adjacent to an activating group) is 1. The average molecular weight is 324 g/mol. The molecule has 0 unspecified atom stereocenters. The Kier molecular flexibility index (Phi) is 5.48. The second-order valence-electron chi connectivity index (χ2n) is 6.98. The molecule has 0 amide bonds. The highest BCUT2D eigenvalue weighted by molar-refractivity contribution is 5.73. The van der Waals surface area contributed by atoms with E-state index in [1.54, 1.807) is 6.20 Å². The van der Waals surface area contributed by atoms with E-state index in [9.17, 15) is 0 Å². The fraction of sp³-hybridized carbons (Fsp3) is 0.450. The summed E-state index contributed by atoms with van der Waals surface area (Å²) in [4.78, 5) is 9.13. The lowest BCUT2D eigenvalue weighted by molar-refractivity contribution is 0.191. The molecule has 4 heteroatoms. The molecule has 1 aliphatic rings. The lowest BCUT2D eigenvalue weighted by Crippen LogP contribution is -2.38. The number of hydrogen-bond acceptors (Lipinski definition) is 4. The van der Waals surface area contributed by atoms with Gasteiger partial charge in [-0.3, -0.25) is 4.90 Å². The summed E-state index contributed by atoms with van der Waals surface area (Å²) in [5, 5.41) is 0. The number of rotatable bonds is 4. The number of aromatic nitrogens is 1. The first-order valence-electron chi connectivity index (χ1n) is 8.82. The van der Waals surface area contributed by atoms with E-state index in [-0.39, 0.29) is 0 Å². The van der Waals surface area contributed by atoms with Gasteiger partial charge in [0.05, 0.1) is 0 Å². The molecule has 128 valence electrons. The molecule has 2 N–H and O–H groups in total. The topological polar surface area (TPSA) is 45.4 Å². The molecule has 1 fully saturated rings. The van der Waals surface area contributed by atoms with E-state index in [1.165, 1.54) is 31.4 Å². The van der Waals surface area contributed by atoms with Crippen LogP contribution in [0, 0.1) is 0 Å². The smallest absolute Gasteiger partial charge is 0.131 e. The molecule has 2 aromatic rings. The molecule has 0 radical (unpaired) electrons. The van der Waals surface area contributed by atoms with Gasteiger partial charge in [-0.25, -0.2) is 4.98 Å². The summed E-state index contributed by atoms with van der Waals surface area (Å²) >= 11 is 0. The van der Waals surface area contributed by atoms with Crippen LogP contribution < -0.4 is 5.73 Å². The molecule has 1 aromatic heterocycles. The molecular formula is C20H28N4. The molecular weight excluding hydrogens is 296 g/mol. The van der Waals surface area contributed by atoms with Crippen LogP contribution in [-0.4, -0.2) is 48.0 Å². The second kappa shape index (κ2) is 7.77. The van der Waals surface area contributed by atoms with Gasteiger partial charge < -0.3 is 10.6 Å². The Morgan fingerprint density at radius 2 is 1.96 bits per heavy atom. The summed E-state index contributed by atoms with van der Waals surface area (Å²) in [5.41, 5.74) is 9.48. The van der Waals surface area contributed by atoms with E-state index < -0.39 is 0 Å². The number of likely N-dealkylation sites (tertiary alicyclic amines) is 1. The van der Waals surface area contributed by atoms with E-state index in [2.05, 4.69) is 53.1 Å². The van der Waals surface area contributed by atoms with Gasteiger partial charge in [0.1, 0.15) is 5.82 Å². The third-order valence-electron chi connectivity index (χ3n) is 4.97. The Bertz CT molecular complexity index is 651. The minimum absolute atomic E-state index is 0.589. The van der Waals surface area contributed by atoms with E-state index in [0.717, 1.165) is 24.2 Å². The molecule has 0 bridgehead atoms. The van der Waals surface area contributed by atoms with Crippen molar-refractivity contribution in [3.8, 4) is 11.1 Å². The lowest BCUT2D eigenvalue weighted by Gasteiger charge is -2.28. The SMILES string of the molecule is CN(C)[C@H]1CCCCN(Cc2ccc(-c3cccnc3N)cc2)C1. The summed E-state index contributed by atoms with van der Waals surface area (Å²) in [5.74, 6) is 0.589. The minimum atomic E-state index is 0.589. The summed E-state index contributed by atoms with van der Waals surface area (Å²) in [7, 11) is 4.39. The van der Waals surface area contributed by atoms with E-state index in [4.69, 9.17) is 5.73 Å². The third-order valence-corrected chi connectivity index (χ3v) is 4.97. The van der Waals surface area contributed by atoms with Crippen LogP contribution >= 0.6 is 0 Å². The Labute approximate surface area is 145 Å². The van der Waals surface area contributed by atoms with Crippen molar-refractivity contribution in [3.63, 3.8) is 0 Å².